The Morgan fingerprint density at radius 2 is 1.85 bits per heavy atom. The Bertz CT molecular complexity index is 1060. The number of ether oxygens (including phenoxy) is 1. The van der Waals surface area contributed by atoms with E-state index < -0.39 is 0 Å². The van der Waals surface area contributed by atoms with Crippen molar-refractivity contribution < 1.29 is 9.84 Å². The van der Waals surface area contributed by atoms with Crippen molar-refractivity contribution in [2.75, 3.05) is 0 Å². The van der Waals surface area contributed by atoms with E-state index >= 15 is 0 Å². The van der Waals surface area contributed by atoms with Gasteiger partial charge in [0.05, 0.1) is 5.69 Å². The number of nitrogens with zero attached hydrogens (tertiary/aromatic N) is 1. The summed E-state index contributed by atoms with van der Waals surface area (Å²) in [7, 11) is 0. The number of hydrogen-bond donors (Lipinski definition) is 1. The molecule has 0 fully saturated rings. The van der Waals surface area contributed by atoms with Gasteiger partial charge >= 0.3 is 0 Å². The van der Waals surface area contributed by atoms with Gasteiger partial charge in [-0.2, -0.15) is 0 Å². The predicted molar refractivity (Wildman–Crippen MR) is 106 cm³/mol. The van der Waals surface area contributed by atoms with Crippen LogP contribution in [0, 0.1) is 6.92 Å². The second kappa shape index (κ2) is 6.31. The number of rotatable bonds is 3. The van der Waals surface area contributed by atoms with E-state index in [1.165, 1.54) is 6.07 Å². The van der Waals surface area contributed by atoms with Crippen molar-refractivity contribution in [3.63, 3.8) is 0 Å². The molecule has 0 atom stereocenters. The maximum Gasteiger partial charge on any atom is 0.254 e. The van der Waals surface area contributed by atoms with Crippen LogP contribution in [0.25, 0.3) is 11.3 Å². The van der Waals surface area contributed by atoms with Gasteiger partial charge in [-0.25, -0.2) is 0 Å². The normalized spacial score (nSPS) is 14.3. The Hall–Kier alpha value is -3.01. The topological polar surface area (TPSA) is 51.5 Å². The van der Waals surface area contributed by atoms with E-state index in [9.17, 15) is 9.90 Å². The quantitative estimate of drug-likeness (QED) is 0.752. The average molecular weight is 361 g/mol. The summed E-state index contributed by atoms with van der Waals surface area (Å²) < 4.78 is 7.76. The molecule has 27 heavy (non-hydrogen) atoms. The second-order valence-corrected chi connectivity index (χ2v) is 7.79. The molecule has 0 saturated carbocycles. The van der Waals surface area contributed by atoms with Gasteiger partial charge < -0.3 is 14.4 Å². The van der Waals surface area contributed by atoms with Crippen LogP contribution >= 0.6 is 0 Å². The first-order valence-corrected chi connectivity index (χ1v) is 9.12. The molecule has 4 rings (SSSR count). The third-order valence-electron chi connectivity index (χ3n) is 5.31. The lowest BCUT2D eigenvalue weighted by Crippen LogP contribution is -2.36. The summed E-state index contributed by atoms with van der Waals surface area (Å²) in [5, 5.41) is 10.1. The molecule has 0 aliphatic carbocycles. The first kappa shape index (κ1) is 17.4. The van der Waals surface area contributed by atoms with Crippen LogP contribution in [-0.2, 0) is 18.6 Å². The zero-order chi connectivity index (χ0) is 19.2. The number of pyridine rings is 1. The zero-order valence-corrected chi connectivity index (χ0v) is 15.8. The minimum atomic E-state index is -0.221. The SMILES string of the molecule is Cc1c(O)cc(=O)n2c1-c1ccc(OCc3ccccc3)cc1C(C)(C)C2. The van der Waals surface area contributed by atoms with Gasteiger partial charge in [-0.3, -0.25) is 4.79 Å². The van der Waals surface area contributed by atoms with Gasteiger partial charge in [0.25, 0.3) is 5.56 Å². The maximum atomic E-state index is 12.4. The van der Waals surface area contributed by atoms with E-state index in [2.05, 4.69) is 19.9 Å². The van der Waals surface area contributed by atoms with Crippen molar-refractivity contribution in [2.45, 2.75) is 39.3 Å². The summed E-state index contributed by atoms with van der Waals surface area (Å²) in [5.41, 5.74) is 4.35. The van der Waals surface area contributed by atoms with E-state index in [0.29, 0.717) is 13.2 Å². The molecule has 4 nitrogen and oxygen atoms in total. The number of benzene rings is 2. The largest absolute Gasteiger partial charge is 0.507 e. The molecule has 2 heterocycles. The lowest BCUT2D eigenvalue weighted by Gasteiger charge is -2.36. The van der Waals surface area contributed by atoms with E-state index in [-0.39, 0.29) is 16.7 Å². The maximum absolute atomic E-state index is 12.4. The molecule has 3 aromatic rings. The molecule has 0 spiro atoms. The summed E-state index contributed by atoms with van der Waals surface area (Å²) >= 11 is 0. The fourth-order valence-electron chi connectivity index (χ4n) is 3.84. The molecule has 0 amide bonds. The van der Waals surface area contributed by atoms with Crippen LogP contribution in [0.5, 0.6) is 11.5 Å². The molecule has 1 N–H and O–H groups in total. The first-order chi connectivity index (χ1) is 12.9. The lowest BCUT2D eigenvalue weighted by atomic mass is 9.77. The van der Waals surface area contributed by atoms with Crippen molar-refractivity contribution in [3.8, 4) is 22.8 Å². The summed E-state index contributed by atoms with van der Waals surface area (Å²) in [6.45, 7) is 7.19. The Morgan fingerprint density at radius 3 is 2.59 bits per heavy atom. The molecule has 2 aromatic carbocycles. The smallest absolute Gasteiger partial charge is 0.254 e. The van der Waals surface area contributed by atoms with Gasteiger partial charge in [0.1, 0.15) is 18.1 Å². The fraction of sp³-hybridized carbons (Fsp3) is 0.261. The molecule has 0 radical (unpaired) electrons. The number of hydrogen-bond acceptors (Lipinski definition) is 3. The van der Waals surface area contributed by atoms with Gasteiger partial charge in [0, 0.05) is 29.2 Å². The van der Waals surface area contributed by atoms with E-state index in [1.807, 2.05) is 49.4 Å². The summed E-state index contributed by atoms with van der Waals surface area (Å²) in [5.74, 6) is 0.848. The van der Waals surface area contributed by atoms with E-state index in [0.717, 1.165) is 33.7 Å². The molecular weight excluding hydrogens is 338 g/mol. The molecule has 138 valence electrons. The van der Waals surface area contributed by atoms with Crippen LogP contribution in [0.2, 0.25) is 0 Å². The van der Waals surface area contributed by atoms with Crippen LogP contribution in [-0.4, -0.2) is 9.67 Å². The van der Waals surface area contributed by atoms with Gasteiger partial charge in [0.15, 0.2) is 0 Å². The van der Waals surface area contributed by atoms with Gasteiger partial charge in [-0.05, 0) is 36.2 Å². The van der Waals surface area contributed by atoms with Crippen LogP contribution in [0.3, 0.4) is 0 Å². The Kier molecular flexibility index (Phi) is 4.06. The van der Waals surface area contributed by atoms with Crippen molar-refractivity contribution in [3.05, 3.63) is 81.6 Å². The molecule has 1 aliphatic heterocycles. The monoisotopic (exact) mass is 361 g/mol. The first-order valence-electron chi connectivity index (χ1n) is 9.12. The van der Waals surface area contributed by atoms with Crippen molar-refractivity contribution in [1.29, 1.82) is 0 Å². The summed E-state index contributed by atoms with van der Waals surface area (Å²) in [6, 6.07) is 17.4. The highest BCUT2D eigenvalue weighted by Gasteiger charge is 2.33. The van der Waals surface area contributed by atoms with Crippen LogP contribution in [0.15, 0.2) is 59.4 Å². The second-order valence-electron chi connectivity index (χ2n) is 7.79. The number of fused-ring (bicyclic) bond motifs is 3. The zero-order valence-electron chi connectivity index (χ0n) is 15.8. The molecule has 1 aromatic heterocycles. The highest BCUT2D eigenvalue weighted by Crippen LogP contribution is 2.43. The Morgan fingerprint density at radius 1 is 1.11 bits per heavy atom. The molecule has 0 bridgehead atoms. The third kappa shape index (κ3) is 3.01. The molecule has 0 saturated heterocycles. The Labute approximate surface area is 158 Å². The Balaban J connectivity index is 1.77. The molecular formula is C23H23NO3. The van der Waals surface area contributed by atoms with Gasteiger partial charge in [-0.15, -0.1) is 0 Å². The van der Waals surface area contributed by atoms with Crippen LogP contribution < -0.4 is 10.3 Å². The van der Waals surface area contributed by atoms with Crippen LogP contribution in [0.4, 0.5) is 0 Å². The van der Waals surface area contributed by atoms with Gasteiger partial charge in [-0.1, -0.05) is 44.2 Å². The summed E-state index contributed by atoms with van der Waals surface area (Å²) in [4.78, 5) is 12.4. The highest BCUT2D eigenvalue weighted by atomic mass is 16.5. The lowest BCUT2D eigenvalue weighted by molar-refractivity contribution is 0.304. The number of aromatic hydroxyl groups is 1. The average Bonchev–Trinajstić information content (AvgIpc) is 2.65. The predicted octanol–water partition coefficient (Wildman–Crippen LogP) is 4.40. The molecule has 4 heteroatoms. The third-order valence-corrected chi connectivity index (χ3v) is 5.31. The van der Waals surface area contributed by atoms with E-state index in [4.69, 9.17) is 4.74 Å². The van der Waals surface area contributed by atoms with Crippen molar-refractivity contribution in [1.82, 2.24) is 4.57 Å². The minimum Gasteiger partial charge on any atom is -0.507 e. The molecule has 0 unspecified atom stereocenters. The fourth-order valence-corrected chi connectivity index (χ4v) is 3.84. The number of aromatic nitrogens is 1. The standard InChI is InChI=1S/C23H23NO3/c1-15-20(25)12-21(26)24-14-23(2,3)19-11-17(9-10-18(19)22(15)24)27-13-16-7-5-4-6-8-16/h4-12,25H,13-14H2,1-3H3. The van der Waals surface area contributed by atoms with Crippen molar-refractivity contribution in [2.24, 2.45) is 0 Å². The van der Waals surface area contributed by atoms with Crippen molar-refractivity contribution >= 4 is 0 Å². The molecule has 1 aliphatic rings. The van der Waals surface area contributed by atoms with E-state index in [1.54, 1.807) is 4.57 Å². The minimum absolute atomic E-state index is 0.0429. The van der Waals surface area contributed by atoms with Crippen LogP contribution in [0.1, 0.15) is 30.5 Å². The summed E-state index contributed by atoms with van der Waals surface area (Å²) in [6.07, 6.45) is 0. The highest BCUT2D eigenvalue weighted by molar-refractivity contribution is 5.73. The van der Waals surface area contributed by atoms with Gasteiger partial charge in [0.2, 0.25) is 0 Å².